The van der Waals surface area contributed by atoms with Gasteiger partial charge in [-0.15, -0.1) is 0 Å². The molecule has 1 rings (SSSR count). The quantitative estimate of drug-likeness (QED) is 0.629. The number of carbonyl (C=O) groups excluding carboxylic acids is 1. The first-order valence-corrected chi connectivity index (χ1v) is 6.66. The molecule has 1 heterocycles. The van der Waals surface area contributed by atoms with Crippen LogP contribution in [0.3, 0.4) is 0 Å². The molecule has 1 atom stereocenters. The highest BCUT2D eigenvalue weighted by Crippen LogP contribution is 2.07. The number of ether oxygens (including phenoxy) is 1. The number of rotatable bonds is 3. The van der Waals surface area contributed by atoms with Crippen LogP contribution in [0.15, 0.2) is 0 Å². The molecule has 0 saturated carbocycles. The molecule has 1 unspecified atom stereocenters. The van der Waals surface area contributed by atoms with Crippen LogP contribution in [0.2, 0.25) is 0 Å². The number of aliphatic hydroxyl groups excluding tert-OH is 1. The van der Waals surface area contributed by atoms with Crippen LogP contribution < -0.4 is 0 Å². The van der Waals surface area contributed by atoms with Crippen LogP contribution >= 0.6 is 0 Å². The van der Waals surface area contributed by atoms with Gasteiger partial charge < -0.3 is 14.7 Å². The van der Waals surface area contributed by atoms with Crippen LogP contribution in [0.25, 0.3) is 0 Å². The van der Waals surface area contributed by atoms with Gasteiger partial charge in [0, 0.05) is 12.8 Å². The van der Waals surface area contributed by atoms with E-state index in [1.54, 1.807) is 0 Å². The molecule has 0 radical (unpaired) electrons. The molecule has 0 aromatic heterocycles. The molecule has 1 amide bonds. The normalized spacial score (nSPS) is 22.8. The van der Waals surface area contributed by atoms with Crippen molar-refractivity contribution in [1.29, 1.82) is 0 Å². The number of amides is 1. The molecule has 1 N–H and O–H groups in total. The smallest absolute Gasteiger partial charge is 0.238 e. The molecule has 0 bridgehead atoms. The molecule has 1 aliphatic rings. The van der Waals surface area contributed by atoms with Crippen molar-refractivity contribution in [3.05, 3.63) is 0 Å². The largest absolute Gasteiger partial charge is 0.394 e. The lowest BCUT2D eigenvalue weighted by Crippen LogP contribution is -2.52. The zero-order valence-electron chi connectivity index (χ0n) is 8.55. The van der Waals surface area contributed by atoms with Crippen molar-refractivity contribution in [1.82, 2.24) is 4.90 Å². The molecule has 1 aliphatic heterocycles. The standard InChI is InChI=1S/C8H15NO5S/c1-15(12,13)6-8(11)9-2-3-14-5-7(9)4-10/h7,10H,2-6H2,1H3. The molecule has 6 nitrogen and oxygen atoms in total. The second kappa shape index (κ2) is 4.91. The third-order valence-electron chi connectivity index (χ3n) is 2.14. The summed E-state index contributed by atoms with van der Waals surface area (Å²) >= 11 is 0. The van der Waals surface area contributed by atoms with Gasteiger partial charge in [-0.05, 0) is 0 Å². The lowest BCUT2D eigenvalue weighted by Gasteiger charge is -2.34. The number of carbonyl (C=O) groups is 1. The monoisotopic (exact) mass is 237 g/mol. The third-order valence-corrected chi connectivity index (χ3v) is 2.92. The number of hydrogen-bond donors (Lipinski definition) is 1. The Hall–Kier alpha value is -0.660. The highest BCUT2D eigenvalue weighted by Gasteiger charge is 2.28. The number of morpholine rings is 1. The number of aliphatic hydroxyl groups is 1. The first-order valence-electron chi connectivity index (χ1n) is 4.60. The predicted octanol–water partition coefficient (Wildman–Crippen LogP) is -1.75. The lowest BCUT2D eigenvalue weighted by atomic mass is 10.2. The summed E-state index contributed by atoms with van der Waals surface area (Å²) in [5, 5.41) is 8.99. The molecule has 0 aromatic carbocycles. The Bertz CT molecular complexity index is 326. The molecule has 1 saturated heterocycles. The van der Waals surface area contributed by atoms with Gasteiger partial charge in [0.15, 0.2) is 9.84 Å². The first kappa shape index (κ1) is 12.4. The summed E-state index contributed by atoms with van der Waals surface area (Å²) in [5.74, 6) is -0.983. The van der Waals surface area contributed by atoms with Crippen molar-refractivity contribution in [3.63, 3.8) is 0 Å². The van der Waals surface area contributed by atoms with Crippen molar-refractivity contribution in [3.8, 4) is 0 Å². The second-order valence-electron chi connectivity index (χ2n) is 3.57. The van der Waals surface area contributed by atoms with Gasteiger partial charge in [-0.2, -0.15) is 0 Å². The van der Waals surface area contributed by atoms with Crippen LogP contribution in [0, 0.1) is 0 Å². The maximum absolute atomic E-state index is 11.6. The van der Waals surface area contributed by atoms with Gasteiger partial charge in [0.2, 0.25) is 5.91 Å². The fourth-order valence-electron chi connectivity index (χ4n) is 1.44. The molecule has 88 valence electrons. The number of sulfone groups is 1. The average molecular weight is 237 g/mol. The van der Waals surface area contributed by atoms with Crippen LogP contribution in [-0.4, -0.2) is 68.7 Å². The van der Waals surface area contributed by atoms with Gasteiger partial charge in [0.25, 0.3) is 0 Å². The van der Waals surface area contributed by atoms with Crippen LogP contribution in [0.1, 0.15) is 0 Å². The summed E-state index contributed by atoms with van der Waals surface area (Å²) in [4.78, 5) is 12.9. The summed E-state index contributed by atoms with van der Waals surface area (Å²) in [6, 6.07) is -0.423. The van der Waals surface area contributed by atoms with Gasteiger partial charge in [0.05, 0.1) is 25.9 Å². The Labute approximate surface area is 88.7 Å². The third kappa shape index (κ3) is 3.77. The number of nitrogens with zero attached hydrogens (tertiary/aromatic N) is 1. The topological polar surface area (TPSA) is 83.9 Å². The van der Waals surface area contributed by atoms with Crippen LogP contribution in [0.5, 0.6) is 0 Å². The van der Waals surface area contributed by atoms with Gasteiger partial charge in [0.1, 0.15) is 5.75 Å². The summed E-state index contributed by atoms with van der Waals surface area (Å²) in [6.07, 6.45) is 1.01. The maximum atomic E-state index is 11.6. The Morgan fingerprint density at radius 2 is 2.27 bits per heavy atom. The van der Waals surface area contributed by atoms with Crippen molar-refractivity contribution in [2.45, 2.75) is 6.04 Å². The Balaban J connectivity index is 2.64. The fourth-order valence-corrected chi connectivity index (χ4v) is 2.06. The Kier molecular flexibility index (Phi) is 4.06. The van der Waals surface area contributed by atoms with E-state index in [0.29, 0.717) is 13.2 Å². The zero-order chi connectivity index (χ0) is 11.5. The van der Waals surface area contributed by atoms with E-state index in [1.165, 1.54) is 4.90 Å². The molecule has 15 heavy (non-hydrogen) atoms. The molecule has 0 spiro atoms. The first-order chi connectivity index (χ1) is 6.94. The highest BCUT2D eigenvalue weighted by atomic mass is 32.2. The lowest BCUT2D eigenvalue weighted by molar-refractivity contribution is -0.138. The van der Waals surface area contributed by atoms with E-state index in [1.807, 2.05) is 0 Å². The minimum absolute atomic E-state index is 0.213. The average Bonchev–Trinajstić information content (AvgIpc) is 2.15. The van der Waals surface area contributed by atoms with E-state index in [-0.39, 0.29) is 13.2 Å². The summed E-state index contributed by atoms with van der Waals surface area (Å²) < 4.78 is 27.0. The van der Waals surface area contributed by atoms with Crippen molar-refractivity contribution < 1.29 is 23.1 Å². The second-order valence-corrected chi connectivity index (χ2v) is 5.71. The van der Waals surface area contributed by atoms with Crippen molar-refractivity contribution in [2.24, 2.45) is 0 Å². The van der Waals surface area contributed by atoms with Gasteiger partial charge in [-0.3, -0.25) is 4.79 Å². The van der Waals surface area contributed by atoms with E-state index >= 15 is 0 Å². The van der Waals surface area contributed by atoms with Crippen molar-refractivity contribution >= 4 is 15.7 Å². The summed E-state index contributed by atoms with van der Waals surface area (Å²) in [7, 11) is -3.32. The molecule has 1 fully saturated rings. The Morgan fingerprint density at radius 1 is 1.60 bits per heavy atom. The van der Waals surface area contributed by atoms with E-state index in [2.05, 4.69) is 0 Å². The van der Waals surface area contributed by atoms with E-state index in [0.717, 1.165) is 6.26 Å². The van der Waals surface area contributed by atoms with Gasteiger partial charge in [-0.25, -0.2) is 8.42 Å². The van der Waals surface area contributed by atoms with Gasteiger partial charge >= 0.3 is 0 Å². The van der Waals surface area contributed by atoms with Crippen LogP contribution in [-0.2, 0) is 19.4 Å². The zero-order valence-corrected chi connectivity index (χ0v) is 9.37. The van der Waals surface area contributed by atoms with Crippen molar-refractivity contribution in [2.75, 3.05) is 38.4 Å². The molecule has 0 aromatic rings. The van der Waals surface area contributed by atoms with Crippen LogP contribution in [0.4, 0.5) is 0 Å². The van der Waals surface area contributed by atoms with E-state index < -0.39 is 27.5 Å². The highest BCUT2D eigenvalue weighted by molar-refractivity contribution is 7.91. The number of hydrogen-bond acceptors (Lipinski definition) is 5. The SMILES string of the molecule is CS(=O)(=O)CC(=O)N1CCOCC1CO. The van der Waals surface area contributed by atoms with E-state index in [4.69, 9.17) is 9.84 Å². The predicted molar refractivity (Wildman–Crippen MR) is 53.1 cm³/mol. The molecule has 0 aliphatic carbocycles. The molecular formula is C8H15NO5S. The molecular weight excluding hydrogens is 222 g/mol. The van der Waals surface area contributed by atoms with E-state index in [9.17, 15) is 13.2 Å². The minimum atomic E-state index is -3.32. The summed E-state index contributed by atoms with van der Waals surface area (Å²) in [5.41, 5.74) is 0. The Morgan fingerprint density at radius 3 is 2.80 bits per heavy atom. The summed E-state index contributed by atoms with van der Waals surface area (Å²) in [6.45, 7) is 0.757. The maximum Gasteiger partial charge on any atom is 0.238 e. The minimum Gasteiger partial charge on any atom is -0.394 e. The fraction of sp³-hybridized carbons (Fsp3) is 0.875. The molecule has 7 heteroatoms. The van der Waals surface area contributed by atoms with Gasteiger partial charge in [-0.1, -0.05) is 0 Å².